The highest BCUT2D eigenvalue weighted by Gasteiger charge is 2.21. The molecule has 1 atom stereocenters. The van der Waals surface area contributed by atoms with E-state index < -0.39 is 0 Å². The number of amides is 1. The summed E-state index contributed by atoms with van der Waals surface area (Å²) in [7, 11) is 3.02. The number of unbranched alkanes of at least 4 members (excludes halogenated alkanes) is 9. The van der Waals surface area contributed by atoms with E-state index in [4.69, 9.17) is 9.47 Å². The average Bonchev–Trinajstić information content (AvgIpc) is 2.72. The molecular formula is C22H39N3O3. The number of anilines is 1. The van der Waals surface area contributed by atoms with Gasteiger partial charge in [-0.25, -0.2) is 0 Å². The Bertz CT molecular complexity index is 530. The van der Waals surface area contributed by atoms with E-state index in [9.17, 15) is 4.79 Å². The van der Waals surface area contributed by atoms with Gasteiger partial charge in [0.1, 0.15) is 6.33 Å². The lowest BCUT2D eigenvalue weighted by Crippen LogP contribution is -2.23. The Morgan fingerprint density at radius 2 is 1.39 bits per heavy atom. The van der Waals surface area contributed by atoms with Crippen molar-refractivity contribution < 1.29 is 14.3 Å². The van der Waals surface area contributed by atoms with E-state index in [-0.39, 0.29) is 11.8 Å². The minimum absolute atomic E-state index is 0.0233. The molecule has 1 heterocycles. The molecule has 1 amide bonds. The van der Waals surface area contributed by atoms with Crippen molar-refractivity contribution >= 4 is 11.6 Å². The van der Waals surface area contributed by atoms with Crippen molar-refractivity contribution in [2.24, 2.45) is 5.92 Å². The highest BCUT2D eigenvalue weighted by molar-refractivity contribution is 5.94. The van der Waals surface area contributed by atoms with Gasteiger partial charge in [-0.05, 0) is 12.8 Å². The number of aromatic nitrogens is 2. The van der Waals surface area contributed by atoms with Crippen LogP contribution in [0, 0.1) is 5.92 Å². The number of ether oxygens (including phenoxy) is 2. The molecule has 0 aliphatic rings. The predicted molar refractivity (Wildman–Crippen MR) is 114 cm³/mol. The van der Waals surface area contributed by atoms with Gasteiger partial charge in [-0.15, -0.1) is 0 Å². The summed E-state index contributed by atoms with van der Waals surface area (Å²) in [6.07, 6.45) is 16.1. The van der Waals surface area contributed by atoms with E-state index >= 15 is 0 Å². The third-order valence-corrected chi connectivity index (χ3v) is 5.18. The second-order valence-electron chi connectivity index (χ2n) is 7.33. The molecular weight excluding hydrogens is 354 g/mol. The fourth-order valence-electron chi connectivity index (χ4n) is 3.39. The van der Waals surface area contributed by atoms with Crippen LogP contribution >= 0.6 is 0 Å². The minimum Gasteiger partial charge on any atom is -0.479 e. The van der Waals surface area contributed by atoms with Crippen LogP contribution in [0.1, 0.15) is 90.9 Å². The maximum absolute atomic E-state index is 12.7. The topological polar surface area (TPSA) is 73.3 Å². The first-order valence-electron chi connectivity index (χ1n) is 10.9. The Balaban J connectivity index is 2.33. The maximum Gasteiger partial charge on any atom is 0.244 e. The highest BCUT2D eigenvalue weighted by atomic mass is 16.5. The number of nitrogens with zero attached hydrogens (tertiary/aromatic N) is 2. The largest absolute Gasteiger partial charge is 0.479 e. The second kappa shape index (κ2) is 15.1. The minimum atomic E-state index is -0.0244. The van der Waals surface area contributed by atoms with Gasteiger partial charge in [-0.3, -0.25) is 4.79 Å². The quantitative estimate of drug-likeness (QED) is 0.361. The van der Waals surface area contributed by atoms with Crippen LogP contribution in [-0.2, 0) is 4.79 Å². The molecule has 28 heavy (non-hydrogen) atoms. The summed E-state index contributed by atoms with van der Waals surface area (Å²) in [5.74, 6) is 0.580. The van der Waals surface area contributed by atoms with E-state index in [1.54, 1.807) is 0 Å². The first kappa shape index (κ1) is 24.2. The zero-order valence-electron chi connectivity index (χ0n) is 18.3. The first-order valence-corrected chi connectivity index (χ1v) is 10.9. The van der Waals surface area contributed by atoms with Gasteiger partial charge < -0.3 is 14.8 Å². The molecule has 0 aromatic carbocycles. The van der Waals surface area contributed by atoms with Gasteiger partial charge in [0, 0.05) is 5.92 Å². The van der Waals surface area contributed by atoms with Crippen molar-refractivity contribution in [3.63, 3.8) is 0 Å². The third kappa shape index (κ3) is 8.89. The molecule has 0 saturated heterocycles. The smallest absolute Gasteiger partial charge is 0.244 e. The zero-order valence-corrected chi connectivity index (χ0v) is 18.3. The lowest BCUT2D eigenvalue weighted by Gasteiger charge is -2.17. The van der Waals surface area contributed by atoms with Crippen molar-refractivity contribution in [2.75, 3.05) is 19.5 Å². The van der Waals surface area contributed by atoms with Gasteiger partial charge in [0.2, 0.25) is 17.7 Å². The first-order chi connectivity index (χ1) is 13.7. The summed E-state index contributed by atoms with van der Waals surface area (Å²) in [6, 6.07) is 0. The summed E-state index contributed by atoms with van der Waals surface area (Å²) >= 11 is 0. The Kier molecular flexibility index (Phi) is 13.1. The Labute approximate surface area is 170 Å². The van der Waals surface area contributed by atoms with Gasteiger partial charge in [0.25, 0.3) is 0 Å². The van der Waals surface area contributed by atoms with E-state index in [0.717, 1.165) is 19.3 Å². The summed E-state index contributed by atoms with van der Waals surface area (Å²) in [5, 5.41) is 2.90. The summed E-state index contributed by atoms with van der Waals surface area (Å²) in [4.78, 5) is 20.8. The molecule has 6 heteroatoms. The molecule has 0 spiro atoms. The standard InChI is InChI=1S/C22H39N3O3/c1-5-7-8-9-10-11-12-13-14-15-16-18(6-2)20(26)25-19-21(27-3)23-17-24-22(19)28-4/h17-18H,5-16H2,1-4H3,(H,25,26). The Hall–Kier alpha value is -1.85. The molecule has 160 valence electrons. The zero-order chi connectivity index (χ0) is 20.6. The van der Waals surface area contributed by atoms with Crippen molar-refractivity contribution in [3.8, 4) is 11.8 Å². The number of hydrogen-bond acceptors (Lipinski definition) is 5. The molecule has 0 aliphatic heterocycles. The van der Waals surface area contributed by atoms with Crippen LogP contribution < -0.4 is 14.8 Å². The SMILES string of the molecule is CCCCCCCCCCCCC(CC)C(=O)Nc1c(OC)ncnc1OC. The van der Waals surface area contributed by atoms with E-state index in [1.165, 1.54) is 78.3 Å². The maximum atomic E-state index is 12.7. The normalized spacial score (nSPS) is 11.9. The number of hydrogen-bond donors (Lipinski definition) is 1. The van der Waals surface area contributed by atoms with Gasteiger partial charge in [0.05, 0.1) is 14.2 Å². The summed E-state index contributed by atoms with van der Waals surface area (Å²) in [6.45, 7) is 4.31. The molecule has 1 N–H and O–H groups in total. The van der Waals surface area contributed by atoms with E-state index in [2.05, 4.69) is 29.1 Å². The van der Waals surface area contributed by atoms with Crippen LogP contribution in [0.3, 0.4) is 0 Å². The van der Waals surface area contributed by atoms with Crippen molar-refractivity contribution in [3.05, 3.63) is 6.33 Å². The number of methoxy groups -OCH3 is 2. The fraction of sp³-hybridized carbons (Fsp3) is 0.773. The summed E-state index contributed by atoms with van der Waals surface area (Å²) in [5.41, 5.74) is 0.402. The van der Waals surface area contributed by atoms with Crippen LogP contribution in [0.25, 0.3) is 0 Å². The van der Waals surface area contributed by atoms with E-state index in [1.807, 2.05) is 0 Å². The van der Waals surface area contributed by atoms with Gasteiger partial charge in [0.15, 0.2) is 5.69 Å². The predicted octanol–water partition coefficient (Wildman–Crippen LogP) is 5.77. The van der Waals surface area contributed by atoms with Crippen LogP contribution in [0.15, 0.2) is 6.33 Å². The molecule has 0 saturated carbocycles. The Morgan fingerprint density at radius 1 is 0.893 bits per heavy atom. The van der Waals surface area contributed by atoms with Crippen molar-refractivity contribution in [1.29, 1.82) is 0 Å². The second-order valence-corrected chi connectivity index (χ2v) is 7.33. The molecule has 1 rings (SSSR count). The van der Waals surface area contributed by atoms with Crippen LogP contribution in [-0.4, -0.2) is 30.1 Å². The molecule has 0 bridgehead atoms. The molecule has 0 radical (unpaired) electrons. The molecule has 6 nitrogen and oxygen atoms in total. The van der Waals surface area contributed by atoms with Crippen LogP contribution in [0.4, 0.5) is 5.69 Å². The molecule has 0 aliphatic carbocycles. The molecule has 0 fully saturated rings. The van der Waals surface area contributed by atoms with Crippen molar-refractivity contribution in [1.82, 2.24) is 9.97 Å². The molecule has 1 aromatic heterocycles. The van der Waals surface area contributed by atoms with E-state index in [0.29, 0.717) is 17.4 Å². The molecule has 1 aromatic rings. The number of carbonyl (C=O) groups is 1. The average molecular weight is 394 g/mol. The lowest BCUT2D eigenvalue weighted by molar-refractivity contribution is -0.120. The number of carbonyl (C=O) groups excluding carboxylic acids is 1. The Morgan fingerprint density at radius 3 is 1.86 bits per heavy atom. The molecule has 1 unspecified atom stereocenters. The van der Waals surface area contributed by atoms with Gasteiger partial charge >= 0.3 is 0 Å². The number of rotatable bonds is 16. The van der Waals surface area contributed by atoms with Crippen LogP contribution in [0.5, 0.6) is 11.8 Å². The fourth-order valence-corrected chi connectivity index (χ4v) is 3.39. The third-order valence-electron chi connectivity index (χ3n) is 5.18. The highest BCUT2D eigenvalue weighted by Crippen LogP contribution is 2.31. The van der Waals surface area contributed by atoms with Gasteiger partial charge in [-0.1, -0.05) is 78.1 Å². The monoisotopic (exact) mass is 393 g/mol. The van der Waals surface area contributed by atoms with Gasteiger partial charge in [-0.2, -0.15) is 9.97 Å². The lowest BCUT2D eigenvalue weighted by atomic mass is 9.96. The summed E-state index contributed by atoms with van der Waals surface area (Å²) < 4.78 is 10.4. The van der Waals surface area contributed by atoms with Crippen molar-refractivity contribution in [2.45, 2.75) is 90.9 Å². The van der Waals surface area contributed by atoms with Crippen LogP contribution in [0.2, 0.25) is 0 Å². The number of nitrogens with one attached hydrogen (secondary N) is 1.